The molecule has 608 valence electrons. The van der Waals surface area contributed by atoms with Crippen molar-refractivity contribution in [3.8, 4) is 55.9 Å². The van der Waals surface area contributed by atoms with Crippen LogP contribution in [-0.2, 0) is 10.8 Å². The summed E-state index contributed by atoms with van der Waals surface area (Å²) >= 11 is 0. The molecule has 2 aliphatic carbocycles. The van der Waals surface area contributed by atoms with E-state index in [0.717, 1.165) is 34.1 Å². The second-order valence-corrected chi connectivity index (χ2v) is 34.5. The van der Waals surface area contributed by atoms with Crippen molar-refractivity contribution in [2.45, 2.75) is 10.8 Å². The number of rotatable bonds is 14. The molecule has 4 nitrogen and oxygen atoms in total. The zero-order valence-corrected chi connectivity index (χ0v) is 71.3. The molecule has 24 aromatic rings. The first-order valence-corrected chi connectivity index (χ1v) is 45.0. The Kier molecular flexibility index (Phi) is 18.0. The van der Waals surface area contributed by atoms with Crippen molar-refractivity contribution < 1.29 is 0 Å². The third-order valence-electron chi connectivity index (χ3n) is 27.6. The SMILES string of the molecule is c1ccc(C2(c3ccccc3)c3ccccc3-c3ccc(N(c4ccc(-c5ccc6c(c5)c5ccccc5n6-c5ccc6ccccc6c5)cc4)c4ccc5ccccc5c4)cc32)cc1.c1ccc(C2(c3ccccc3)c3ccccc3-c3ccc(N(c4ccc(-c5ccc6c(c5)c5ccccc5n6-c5ccc6ccccc6c5)cc4)c4cccc5ccccc45)cc32)cc1. The van der Waals surface area contributed by atoms with Gasteiger partial charge in [-0.25, -0.2) is 0 Å². The zero-order chi connectivity index (χ0) is 85.8. The van der Waals surface area contributed by atoms with Crippen LogP contribution in [0.3, 0.4) is 0 Å². The summed E-state index contributed by atoms with van der Waals surface area (Å²) in [5.41, 5.74) is 32.8. The molecule has 0 spiro atoms. The van der Waals surface area contributed by atoms with Crippen molar-refractivity contribution in [3.63, 3.8) is 0 Å². The molecule has 0 fully saturated rings. The summed E-state index contributed by atoms with van der Waals surface area (Å²) in [7, 11) is 0. The molecule has 2 heterocycles. The van der Waals surface area contributed by atoms with Crippen molar-refractivity contribution in [2.24, 2.45) is 0 Å². The van der Waals surface area contributed by atoms with Crippen molar-refractivity contribution in [1.82, 2.24) is 9.13 Å². The lowest BCUT2D eigenvalue weighted by molar-refractivity contribution is 0.768. The lowest BCUT2D eigenvalue weighted by Gasteiger charge is -2.35. The molecule has 0 N–H and O–H groups in total. The lowest BCUT2D eigenvalue weighted by atomic mass is 9.67. The lowest BCUT2D eigenvalue weighted by Crippen LogP contribution is -2.28. The third-order valence-corrected chi connectivity index (χ3v) is 27.6. The van der Waals surface area contributed by atoms with E-state index < -0.39 is 10.8 Å². The van der Waals surface area contributed by atoms with Gasteiger partial charge in [-0.15, -0.1) is 0 Å². The third kappa shape index (κ3) is 12.2. The van der Waals surface area contributed by atoms with E-state index in [9.17, 15) is 0 Å². The minimum atomic E-state index is -0.505. The zero-order valence-electron chi connectivity index (χ0n) is 71.3. The molecule has 2 aliphatic rings. The maximum absolute atomic E-state index is 2.46. The van der Waals surface area contributed by atoms with Gasteiger partial charge in [0.1, 0.15) is 0 Å². The highest BCUT2D eigenvalue weighted by atomic mass is 15.2. The van der Waals surface area contributed by atoms with E-state index in [2.05, 4.69) is 529 Å². The van der Waals surface area contributed by atoms with Gasteiger partial charge in [-0.2, -0.15) is 0 Å². The van der Waals surface area contributed by atoms with Gasteiger partial charge in [0, 0.05) is 66.7 Å². The summed E-state index contributed by atoms with van der Waals surface area (Å²) in [6.45, 7) is 0. The average Bonchev–Trinajstić information content (AvgIpc) is 1.54. The van der Waals surface area contributed by atoms with Crippen LogP contribution in [0.4, 0.5) is 34.1 Å². The predicted molar refractivity (Wildman–Crippen MR) is 546 cm³/mol. The number of anilines is 6. The molecular formula is C126H84N4. The Morgan fingerprint density at radius 1 is 0.162 bits per heavy atom. The van der Waals surface area contributed by atoms with Crippen LogP contribution in [0.15, 0.2) is 510 Å². The molecule has 0 saturated heterocycles. The van der Waals surface area contributed by atoms with Crippen molar-refractivity contribution in [1.29, 1.82) is 0 Å². The number of hydrogen-bond acceptors (Lipinski definition) is 2. The van der Waals surface area contributed by atoms with Crippen LogP contribution in [0, 0.1) is 0 Å². The topological polar surface area (TPSA) is 16.3 Å². The molecule has 0 atom stereocenters. The fourth-order valence-corrected chi connectivity index (χ4v) is 21.8. The summed E-state index contributed by atoms with van der Waals surface area (Å²) in [5, 5.41) is 14.8. The van der Waals surface area contributed by atoms with Gasteiger partial charge in [-0.3, -0.25) is 0 Å². The van der Waals surface area contributed by atoms with Gasteiger partial charge in [0.05, 0.1) is 38.6 Å². The molecule has 0 unspecified atom stereocenters. The molecule has 0 amide bonds. The normalized spacial score (nSPS) is 12.7. The molecular weight excluding hydrogens is 1570 g/mol. The van der Waals surface area contributed by atoms with Crippen LogP contribution < -0.4 is 9.80 Å². The minimum absolute atomic E-state index is 0.501. The van der Waals surface area contributed by atoms with E-state index >= 15 is 0 Å². The minimum Gasteiger partial charge on any atom is -0.310 e. The molecule has 0 bridgehead atoms. The van der Waals surface area contributed by atoms with Crippen LogP contribution >= 0.6 is 0 Å². The van der Waals surface area contributed by atoms with Gasteiger partial charge in [0.15, 0.2) is 0 Å². The smallest absolute Gasteiger partial charge is 0.0714 e. The number of para-hydroxylation sites is 2. The van der Waals surface area contributed by atoms with E-state index in [0.29, 0.717) is 0 Å². The van der Waals surface area contributed by atoms with E-state index in [1.54, 1.807) is 0 Å². The van der Waals surface area contributed by atoms with Crippen LogP contribution in [0.2, 0.25) is 0 Å². The molecule has 130 heavy (non-hydrogen) atoms. The second kappa shape index (κ2) is 31.0. The number of benzene rings is 22. The largest absolute Gasteiger partial charge is 0.310 e. The highest BCUT2D eigenvalue weighted by molar-refractivity contribution is 6.13. The molecule has 0 aliphatic heterocycles. The Bertz CT molecular complexity index is 8450. The van der Waals surface area contributed by atoms with E-state index in [1.165, 1.54) is 187 Å². The summed E-state index contributed by atoms with van der Waals surface area (Å²) in [6.07, 6.45) is 0. The second-order valence-electron chi connectivity index (χ2n) is 34.5. The van der Waals surface area contributed by atoms with Gasteiger partial charge >= 0.3 is 0 Å². The summed E-state index contributed by atoms with van der Waals surface area (Å²) in [6, 6.07) is 188. The fourth-order valence-electron chi connectivity index (χ4n) is 21.8. The van der Waals surface area contributed by atoms with Crippen LogP contribution in [0.25, 0.3) is 143 Å². The van der Waals surface area contributed by atoms with Gasteiger partial charge < -0.3 is 18.9 Å². The first-order valence-electron chi connectivity index (χ1n) is 45.0. The maximum Gasteiger partial charge on any atom is 0.0714 e. The van der Waals surface area contributed by atoms with Crippen LogP contribution in [0.1, 0.15) is 44.5 Å². The quantitative estimate of drug-likeness (QED) is 0.108. The van der Waals surface area contributed by atoms with Gasteiger partial charge in [0.2, 0.25) is 0 Å². The Morgan fingerprint density at radius 3 is 0.938 bits per heavy atom. The molecule has 26 rings (SSSR count). The number of aromatic nitrogens is 2. The van der Waals surface area contributed by atoms with Crippen molar-refractivity contribution >= 4 is 121 Å². The van der Waals surface area contributed by atoms with E-state index in [1.807, 2.05) is 0 Å². The first kappa shape index (κ1) is 75.6. The Morgan fingerprint density at radius 2 is 0.477 bits per heavy atom. The monoisotopic (exact) mass is 1650 g/mol. The van der Waals surface area contributed by atoms with E-state index in [-0.39, 0.29) is 0 Å². The van der Waals surface area contributed by atoms with Crippen molar-refractivity contribution in [2.75, 3.05) is 9.80 Å². The highest BCUT2D eigenvalue weighted by Gasteiger charge is 2.48. The molecule has 2 aromatic heterocycles. The first-order chi connectivity index (χ1) is 64.5. The average molecular weight is 1650 g/mol. The summed E-state index contributed by atoms with van der Waals surface area (Å²) in [5.74, 6) is 0. The highest BCUT2D eigenvalue weighted by Crippen LogP contribution is 2.60. The van der Waals surface area contributed by atoms with Crippen LogP contribution in [0.5, 0.6) is 0 Å². The van der Waals surface area contributed by atoms with E-state index in [4.69, 9.17) is 0 Å². The maximum atomic E-state index is 2.46. The Balaban J connectivity index is 0.000000140. The Labute approximate surface area is 755 Å². The number of nitrogens with zero attached hydrogens (tertiary/aromatic N) is 4. The fraction of sp³-hybridized carbons (Fsp3) is 0.0159. The van der Waals surface area contributed by atoms with Crippen LogP contribution in [-0.4, -0.2) is 9.13 Å². The molecule has 0 radical (unpaired) electrons. The molecule has 22 aromatic carbocycles. The van der Waals surface area contributed by atoms with Gasteiger partial charge in [-0.1, -0.05) is 382 Å². The number of hydrogen-bond donors (Lipinski definition) is 0. The van der Waals surface area contributed by atoms with Crippen molar-refractivity contribution in [3.05, 3.63) is 554 Å². The number of fused-ring (bicyclic) bond motifs is 16. The molecule has 0 saturated carbocycles. The molecule has 4 heteroatoms. The predicted octanol–water partition coefficient (Wildman–Crippen LogP) is 33.2. The standard InChI is InChI=1S/2C63H42N2/c1-3-19-49(20-4-1)63(50-21-5-2-6-22-50)59-25-13-11-23-55(59)56-37-36-54(42-60(56)63)64(52-34-29-43-15-7-9-17-46(43)39-52)51-32-27-45(28-33-51)48-31-38-62-58(41-48)57-24-12-14-26-61(57)65(62)53-35-30-44-16-8-10-18-47(44)40-53;1-3-20-48(21-4-1)63(49-22-5-2-6-23-49)58-27-13-11-25-54(58)55-38-37-52(42-59(55)63)64(60-29-15-19-45-17-9-10-24-53(45)60)50-34-30-44(31-35-50)47-33-39-62-57(41-47)56-26-12-14-28-61(56)65(62)51-36-32-43-16-7-8-18-46(43)40-51/h2*1-42H. The summed E-state index contributed by atoms with van der Waals surface area (Å²) in [4.78, 5) is 4.89. The summed E-state index contributed by atoms with van der Waals surface area (Å²) < 4.78 is 4.82. The Hall–Kier alpha value is -16.9. The van der Waals surface area contributed by atoms with Gasteiger partial charge in [0.25, 0.3) is 0 Å². The van der Waals surface area contributed by atoms with Gasteiger partial charge in [-0.05, 0) is 254 Å².